The number of amides is 1. The quantitative estimate of drug-likeness (QED) is 0.663. The topological polar surface area (TPSA) is 75.3 Å². The van der Waals surface area contributed by atoms with Gasteiger partial charge in [-0.3, -0.25) is 9.69 Å². The zero-order valence-electron chi connectivity index (χ0n) is 15.4. The fraction of sp³-hybridized carbons (Fsp3) is 0.250. The van der Waals surface area contributed by atoms with Gasteiger partial charge >= 0.3 is 0 Å². The monoisotopic (exact) mass is 417 g/mol. The largest absolute Gasteiger partial charge is 0.383 e. The van der Waals surface area contributed by atoms with Gasteiger partial charge in [0.25, 0.3) is 5.91 Å². The van der Waals surface area contributed by atoms with Crippen LogP contribution in [0.5, 0.6) is 0 Å². The lowest BCUT2D eigenvalue weighted by Gasteiger charge is -2.34. The number of rotatable bonds is 3. The highest BCUT2D eigenvalue weighted by Crippen LogP contribution is 2.23. The van der Waals surface area contributed by atoms with Gasteiger partial charge in [-0.2, -0.15) is 0 Å². The van der Waals surface area contributed by atoms with Crippen LogP contribution in [0.25, 0.3) is 10.9 Å². The van der Waals surface area contributed by atoms with E-state index in [0.29, 0.717) is 44.4 Å². The molecule has 2 N–H and O–H groups in total. The number of para-hydroxylation sites is 1. The highest BCUT2D eigenvalue weighted by atomic mass is 35.5. The maximum atomic E-state index is 13.5. The number of aromatic nitrogens is 2. The van der Waals surface area contributed by atoms with Crippen molar-refractivity contribution in [2.75, 3.05) is 31.9 Å². The second kappa shape index (κ2) is 7.88. The van der Waals surface area contributed by atoms with E-state index in [1.165, 1.54) is 0 Å². The van der Waals surface area contributed by atoms with Crippen LogP contribution in [0, 0.1) is 11.6 Å². The van der Waals surface area contributed by atoms with E-state index in [9.17, 15) is 13.6 Å². The smallest absolute Gasteiger partial charge is 0.255 e. The molecule has 0 saturated carbocycles. The molecule has 1 aromatic heterocycles. The molecule has 1 aliphatic rings. The molecular formula is C20H18ClF2N5O. The number of fused-ring (bicyclic) bond motifs is 1. The number of carbonyl (C=O) groups excluding carboxylic acids is 1. The molecule has 3 aromatic rings. The number of anilines is 1. The highest BCUT2D eigenvalue weighted by molar-refractivity contribution is 6.33. The summed E-state index contributed by atoms with van der Waals surface area (Å²) in [5.74, 6) is -1.54. The minimum Gasteiger partial charge on any atom is -0.383 e. The van der Waals surface area contributed by atoms with Gasteiger partial charge in [0.15, 0.2) is 11.6 Å². The number of hydrogen-bond acceptors (Lipinski definition) is 5. The number of nitrogens with two attached hydrogens (primary N) is 1. The van der Waals surface area contributed by atoms with E-state index >= 15 is 0 Å². The van der Waals surface area contributed by atoms with Crippen molar-refractivity contribution in [3.8, 4) is 0 Å². The molecule has 0 spiro atoms. The van der Waals surface area contributed by atoms with E-state index in [0.717, 1.165) is 23.0 Å². The van der Waals surface area contributed by atoms with Crippen molar-refractivity contribution in [2.45, 2.75) is 6.54 Å². The molecule has 0 unspecified atom stereocenters. The van der Waals surface area contributed by atoms with Gasteiger partial charge < -0.3 is 10.6 Å². The van der Waals surface area contributed by atoms with Crippen molar-refractivity contribution < 1.29 is 13.6 Å². The van der Waals surface area contributed by atoms with Crippen LogP contribution in [0.1, 0.15) is 16.2 Å². The third-order valence-corrected chi connectivity index (χ3v) is 5.26. The van der Waals surface area contributed by atoms with Gasteiger partial charge in [0, 0.05) is 31.6 Å². The third-order valence-electron chi connectivity index (χ3n) is 4.94. The summed E-state index contributed by atoms with van der Waals surface area (Å²) < 4.78 is 26.7. The molecule has 9 heteroatoms. The van der Waals surface area contributed by atoms with Gasteiger partial charge in [-0.25, -0.2) is 18.7 Å². The number of halogens is 3. The molecule has 0 radical (unpaired) electrons. The van der Waals surface area contributed by atoms with E-state index in [4.69, 9.17) is 17.3 Å². The molecule has 6 nitrogen and oxygen atoms in total. The van der Waals surface area contributed by atoms with Gasteiger partial charge in [0.05, 0.1) is 22.6 Å². The Morgan fingerprint density at radius 3 is 2.52 bits per heavy atom. The zero-order chi connectivity index (χ0) is 20.5. The molecule has 0 bridgehead atoms. The standard InChI is InChI=1S/C20H18ClF2N5O/c21-14-10-16(23)15(22)9-13(14)20(29)28-7-5-27(6-8-28)11-18-25-17-4-2-1-3-12(17)19(24)26-18/h1-4,9-10H,5-8,11H2,(H2,24,25,26). The molecule has 1 aliphatic heterocycles. The normalized spacial score (nSPS) is 15.1. The Labute approximate surface area is 170 Å². The average Bonchev–Trinajstić information content (AvgIpc) is 2.71. The fourth-order valence-corrected chi connectivity index (χ4v) is 3.62. The lowest BCUT2D eigenvalue weighted by Crippen LogP contribution is -2.48. The number of carbonyl (C=O) groups is 1. The van der Waals surface area contributed by atoms with Crippen LogP contribution in [0.2, 0.25) is 5.02 Å². The lowest BCUT2D eigenvalue weighted by atomic mass is 10.1. The first-order valence-electron chi connectivity index (χ1n) is 9.09. The summed E-state index contributed by atoms with van der Waals surface area (Å²) in [5, 5.41) is 0.714. The molecule has 2 aromatic carbocycles. The summed E-state index contributed by atoms with van der Waals surface area (Å²) in [4.78, 5) is 25.2. The Morgan fingerprint density at radius 2 is 1.76 bits per heavy atom. The molecule has 2 heterocycles. The average molecular weight is 418 g/mol. The molecule has 1 amide bonds. The van der Waals surface area contributed by atoms with E-state index < -0.39 is 17.5 Å². The molecule has 150 valence electrons. The Kier molecular flexibility index (Phi) is 5.29. The predicted molar refractivity (Wildman–Crippen MR) is 106 cm³/mol. The summed E-state index contributed by atoms with van der Waals surface area (Å²) in [6, 6.07) is 9.21. The number of piperazine rings is 1. The van der Waals surface area contributed by atoms with E-state index in [1.807, 2.05) is 24.3 Å². The Bertz CT molecular complexity index is 1090. The summed E-state index contributed by atoms with van der Waals surface area (Å²) in [7, 11) is 0. The van der Waals surface area contributed by atoms with Crippen molar-refractivity contribution in [1.29, 1.82) is 0 Å². The van der Waals surface area contributed by atoms with Crippen molar-refractivity contribution >= 4 is 34.2 Å². The molecule has 0 atom stereocenters. The van der Waals surface area contributed by atoms with Crippen molar-refractivity contribution in [3.05, 3.63) is 64.4 Å². The van der Waals surface area contributed by atoms with Crippen LogP contribution in [0.4, 0.5) is 14.6 Å². The molecule has 29 heavy (non-hydrogen) atoms. The van der Waals surface area contributed by atoms with Crippen molar-refractivity contribution in [2.24, 2.45) is 0 Å². The van der Waals surface area contributed by atoms with Crippen molar-refractivity contribution in [1.82, 2.24) is 19.8 Å². The number of hydrogen-bond donors (Lipinski definition) is 1. The van der Waals surface area contributed by atoms with Crippen molar-refractivity contribution in [3.63, 3.8) is 0 Å². The molecule has 1 saturated heterocycles. The number of benzene rings is 2. The summed E-state index contributed by atoms with van der Waals surface area (Å²) in [5.41, 5.74) is 6.78. The van der Waals surface area contributed by atoms with E-state index in [-0.39, 0.29) is 10.6 Å². The maximum absolute atomic E-state index is 13.5. The first-order valence-corrected chi connectivity index (χ1v) is 9.47. The maximum Gasteiger partial charge on any atom is 0.255 e. The fourth-order valence-electron chi connectivity index (χ4n) is 3.39. The van der Waals surface area contributed by atoms with Gasteiger partial charge in [-0.05, 0) is 24.3 Å². The van der Waals surface area contributed by atoms with Gasteiger partial charge in [-0.15, -0.1) is 0 Å². The van der Waals surface area contributed by atoms with Crippen LogP contribution >= 0.6 is 11.6 Å². The first kappa shape index (κ1) is 19.5. The van der Waals surface area contributed by atoms with Crippen LogP contribution in [-0.2, 0) is 6.54 Å². The summed E-state index contributed by atoms with van der Waals surface area (Å²) >= 11 is 5.92. The van der Waals surface area contributed by atoms with E-state index in [1.54, 1.807) is 4.90 Å². The SMILES string of the molecule is Nc1nc(CN2CCN(C(=O)c3cc(F)c(F)cc3Cl)CC2)nc2ccccc12. The van der Waals surface area contributed by atoms with Crippen LogP contribution in [0.3, 0.4) is 0 Å². The first-order chi connectivity index (χ1) is 13.9. The lowest BCUT2D eigenvalue weighted by molar-refractivity contribution is 0.0625. The number of nitrogens with zero attached hydrogens (tertiary/aromatic N) is 4. The van der Waals surface area contributed by atoms with Gasteiger partial charge in [-0.1, -0.05) is 23.7 Å². The molecule has 1 fully saturated rings. The highest BCUT2D eigenvalue weighted by Gasteiger charge is 2.25. The predicted octanol–water partition coefficient (Wildman–Crippen LogP) is 3.10. The van der Waals surface area contributed by atoms with Crippen LogP contribution < -0.4 is 5.73 Å². The second-order valence-electron chi connectivity index (χ2n) is 6.86. The van der Waals surface area contributed by atoms with Gasteiger partial charge in [0.2, 0.25) is 0 Å². The summed E-state index contributed by atoms with van der Waals surface area (Å²) in [6.07, 6.45) is 0. The number of nitrogen functional groups attached to an aromatic ring is 1. The molecular weight excluding hydrogens is 400 g/mol. The minimum absolute atomic E-state index is 0.0374. The third kappa shape index (κ3) is 3.99. The van der Waals surface area contributed by atoms with Crippen LogP contribution in [-0.4, -0.2) is 51.9 Å². The molecule has 0 aliphatic carbocycles. The second-order valence-corrected chi connectivity index (χ2v) is 7.26. The summed E-state index contributed by atoms with van der Waals surface area (Å²) in [6.45, 7) is 2.53. The minimum atomic E-state index is -1.09. The van der Waals surface area contributed by atoms with E-state index in [2.05, 4.69) is 14.9 Å². The van der Waals surface area contributed by atoms with Crippen LogP contribution in [0.15, 0.2) is 36.4 Å². The van der Waals surface area contributed by atoms with Gasteiger partial charge in [0.1, 0.15) is 11.6 Å². The Hall–Kier alpha value is -2.84. The zero-order valence-corrected chi connectivity index (χ0v) is 16.2. The Balaban J connectivity index is 1.42. The molecule has 4 rings (SSSR count). The Morgan fingerprint density at radius 1 is 1.07 bits per heavy atom.